The van der Waals surface area contributed by atoms with Crippen LogP contribution in [0.25, 0.3) is 0 Å². The number of anilines is 1. The Bertz CT molecular complexity index is 389. The first-order valence-electron chi connectivity index (χ1n) is 5.88. The number of fused-ring (bicyclic) bond motifs is 1. The molecule has 0 saturated carbocycles. The molecule has 1 unspecified atom stereocenters. The number of benzene rings is 1. The third-order valence-electron chi connectivity index (χ3n) is 3.17. The summed E-state index contributed by atoms with van der Waals surface area (Å²) in [6.45, 7) is 3.07. The van der Waals surface area contributed by atoms with Gasteiger partial charge in [-0.1, -0.05) is 31.5 Å². The van der Waals surface area contributed by atoms with Crippen LogP contribution in [0.15, 0.2) is 24.3 Å². The van der Waals surface area contributed by atoms with Crippen molar-refractivity contribution >= 4 is 11.6 Å². The molecule has 1 aliphatic heterocycles. The lowest BCUT2D eigenvalue weighted by Gasteiger charge is -2.25. The van der Waals surface area contributed by atoms with Crippen molar-refractivity contribution in [2.45, 2.75) is 32.2 Å². The highest BCUT2D eigenvalue weighted by atomic mass is 16.1. The summed E-state index contributed by atoms with van der Waals surface area (Å²) in [6.07, 6.45) is 2.98. The second kappa shape index (κ2) is 4.56. The number of rotatable bonds is 4. The van der Waals surface area contributed by atoms with E-state index in [9.17, 15) is 4.79 Å². The molecule has 3 heteroatoms. The molecule has 2 N–H and O–H groups in total. The van der Waals surface area contributed by atoms with E-state index in [0.29, 0.717) is 0 Å². The molecule has 0 saturated heterocycles. The summed E-state index contributed by atoms with van der Waals surface area (Å²) in [5.74, 6) is -0.215. The lowest BCUT2D eigenvalue weighted by molar-refractivity contribution is -0.119. The number of nitrogens with zero attached hydrogens (tertiary/aromatic N) is 1. The molecule has 86 valence electrons. The highest BCUT2D eigenvalue weighted by Crippen LogP contribution is 2.31. The average molecular weight is 218 g/mol. The number of nitrogens with two attached hydrogens (primary N) is 1. The van der Waals surface area contributed by atoms with Crippen molar-refractivity contribution in [1.29, 1.82) is 0 Å². The summed E-state index contributed by atoms with van der Waals surface area (Å²) in [7, 11) is 0. The molecule has 16 heavy (non-hydrogen) atoms. The highest BCUT2D eigenvalue weighted by Gasteiger charge is 2.31. The molecule has 0 bridgehead atoms. The zero-order valence-electron chi connectivity index (χ0n) is 9.65. The minimum atomic E-state index is -0.215. The fourth-order valence-electron chi connectivity index (χ4n) is 2.31. The molecule has 0 aliphatic carbocycles. The van der Waals surface area contributed by atoms with Crippen molar-refractivity contribution < 1.29 is 4.79 Å². The van der Waals surface area contributed by atoms with Gasteiger partial charge in [0.2, 0.25) is 5.91 Å². The van der Waals surface area contributed by atoms with Gasteiger partial charge in [0, 0.05) is 18.7 Å². The summed E-state index contributed by atoms with van der Waals surface area (Å²) < 4.78 is 0. The predicted molar refractivity (Wildman–Crippen MR) is 65.4 cm³/mol. The smallest absolute Gasteiger partial charge is 0.240 e. The van der Waals surface area contributed by atoms with Gasteiger partial charge in [-0.25, -0.2) is 0 Å². The number of carbonyl (C=O) groups excluding carboxylic acids is 1. The van der Waals surface area contributed by atoms with E-state index < -0.39 is 0 Å². The summed E-state index contributed by atoms with van der Waals surface area (Å²) in [5, 5.41) is 0. The van der Waals surface area contributed by atoms with Gasteiger partial charge in [-0.05, 0) is 18.1 Å². The maximum absolute atomic E-state index is 11.4. The van der Waals surface area contributed by atoms with Crippen molar-refractivity contribution in [3.05, 3.63) is 29.8 Å². The molecule has 2 rings (SSSR count). The number of carbonyl (C=O) groups is 1. The van der Waals surface area contributed by atoms with Crippen molar-refractivity contribution in [3.8, 4) is 0 Å². The molecular weight excluding hydrogens is 200 g/mol. The van der Waals surface area contributed by atoms with E-state index in [1.807, 2.05) is 12.1 Å². The van der Waals surface area contributed by atoms with E-state index in [1.54, 1.807) is 0 Å². The minimum absolute atomic E-state index is 0.149. The van der Waals surface area contributed by atoms with Crippen LogP contribution in [-0.4, -0.2) is 18.5 Å². The van der Waals surface area contributed by atoms with E-state index in [1.165, 1.54) is 11.3 Å². The van der Waals surface area contributed by atoms with Crippen LogP contribution in [0.4, 0.5) is 5.69 Å². The van der Waals surface area contributed by atoms with Gasteiger partial charge < -0.3 is 10.6 Å². The zero-order chi connectivity index (χ0) is 11.5. The summed E-state index contributed by atoms with van der Waals surface area (Å²) in [5.41, 5.74) is 7.88. The molecule has 1 heterocycles. The summed E-state index contributed by atoms with van der Waals surface area (Å²) >= 11 is 0. The summed E-state index contributed by atoms with van der Waals surface area (Å²) in [6, 6.07) is 8.04. The first-order valence-corrected chi connectivity index (χ1v) is 5.88. The Hall–Kier alpha value is -1.51. The van der Waals surface area contributed by atoms with E-state index in [4.69, 9.17) is 5.73 Å². The van der Waals surface area contributed by atoms with Gasteiger partial charge in [0.05, 0.1) is 0 Å². The Labute approximate surface area is 96.2 Å². The van der Waals surface area contributed by atoms with Crippen LogP contribution in [0.1, 0.15) is 25.3 Å². The molecule has 1 amide bonds. The van der Waals surface area contributed by atoms with Gasteiger partial charge in [-0.2, -0.15) is 0 Å². The number of hydrogen-bond donors (Lipinski definition) is 1. The van der Waals surface area contributed by atoms with Crippen LogP contribution in [0.2, 0.25) is 0 Å². The molecule has 0 spiro atoms. The van der Waals surface area contributed by atoms with Crippen molar-refractivity contribution in [3.63, 3.8) is 0 Å². The molecule has 0 fully saturated rings. The molecule has 1 aromatic rings. The van der Waals surface area contributed by atoms with E-state index in [0.717, 1.165) is 25.8 Å². The second-order valence-electron chi connectivity index (χ2n) is 4.30. The van der Waals surface area contributed by atoms with Gasteiger partial charge in [0.1, 0.15) is 6.04 Å². The molecule has 1 aromatic carbocycles. The quantitative estimate of drug-likeness (QED) is 0.836. The Kier molecular flexibility index (Phi) is 3.13. The maximum Gasteiger partial charge on any atom is 0.240 e. The van der Waals surface area contributed by atoms with Crippen molar-refractivity contribution in [2.24, 2.45) is 5.73 Å². The zero-order valence-corrected chi connectivity index (χ0v) is 9.65. The monoisotopic (exact) mass is 218 g/mol. The Morgan fingerprint density at radius 1 is 1.50 bits per heavy atom. The molecule has 1 atom stereocenters. The number of amides is 1. The topological polar surface area (TPSA) is 46.3 Å². The molecule has 0 radical (unpaired) electrons. The van der Waals surface area contributed by atoms with Gasteiger partial charge in [0.25, 0.3) is 0 Å². The van der Waals surface area contributed by atoms with Crippen LogP contribution in [0.5, 0.6) is 0 Å². The van der Waals surface area contributed by atoms with E-state index in [2.05, 4.69) is 24.0 Å². The maximum atomic E-state index is 11.4. The first-order chi connectivity index (χ1) is 7.74. The normalized spacial score (nSPS) is 18.6. The van der Waals surface area contributed by atoms with Crippen LogP contribution < -0.4 is 10.6 Å². The van der Waals surface area contributed by atoms with E-state index in [-0.39, 0.29) is 11.9 Å². The number of hydrogen-bond acceptors (Lipinski definition) is 2. The summed E-state index contributed by atoms with van der Waals surface area (Å²) in [4.78, 5) is 13.6. The largest absolute Gasteiger partial charge is 0.368 e. The fourth-order valence-corrected chi connectivity index (χ4v) is 2.31. The third kappa shape index (κ3) is 1.90. The third-order valence-corrected chi connectivity index (χ3v) is 3.17. The number of primary amides is 1. The van der Waals surface area contributed by atoms with Gasteiger partial charge >= 0.3 is 0 Å². The van der Waals surface area contributed by atoms with Crippen LogP contribution in [0.3, 0.4) is 0 Å². The van der Waals surface area contributed by atoms with Crippen LogP contribution >= 0.6 is 0 Å². The fraction of sp³-hybridized carbons (Fsp3) is 0.462. The standard InChI is InChI=1S/C13H18N2O/c1-2-3-8-15-11-7-5-4-6-10(11)9-12(15)13(14)16/h4-7,12H,2-3,8-9H2,1H3,(H2,14,16). The molecule has 1 aliphatic rings. The van der Waals surface area contributed by atoms with Crippen LogP contribution in [0, 0.1) is 0 Å². The Balaban J connectivity index is 2.25. The highest BCUT2D eigenvalue weighted by molar-refractivity contribution is 5.86. The Morgan fingerprint density at radius 3 is 2.94 bits per heavy atom. The lowest BCUT2D eigenvalue weighted by atomic mass is 10.1. The first kappa shape index (κ1) is 11.0. The van der Waals surface area contributed by atoms with Crippen molar-refractivity contribution in [1.82, 2.24) is 0 Å². The molecule has 3 nitrogen and oxygen atoms in total. The van der Waals surface area contributed by atoms with Crippen molar-refractivity contribution in [2.75, 3.05) is 11.4 Å². The van der Waals surface area contributed by atoms with E-state index >= 15 is 0 Å². The number of para-hydroxylation sites is 1. The van der Waals surface area contributed by atoms with Gasteiger partial charge in [0.15, 0.2) is 0 Å². The molecular formula is C13H18N2O. The van der Waals surface area contributed by atoms with Gasteiger partial charge in [-0.15, -0.1) is 0 Å². The Morgan fingerprint density at radius 2 is 2.25 bits per heavy atom. The van der Waals surface area contributed by atoms with Crippen LogP contribution in [-0.2, 0) is 11.2 Å². The predicted octanol–water partition coefficient (Wildman–Crippen LogP) is 1.70. The SMILES string of the molecule is CCCCN1c2ccccc2CC1C(N)=O. The molecule has 0 aromatic heterocycles. The minimum Gasteiger partial charge on any atom is -0.368 e. The second-order valence-corrected chi connectivity index (χ2v) is 4.30. The number of unbranched alkanes of at least 4 members (excludes halogenated alkanes) is 1. The average Bonchev–Trinajstić information content (AvgIpc) is 2.65. The van der Waals surface area contributed by atoms with Gasteiger partial charge in [-0.3, -0.25) is 4.79 Å². The lowest BCUT2D eigenvalue weighted by Crippen LogP contribution is -2.43.